The third-order valence-electron chi connectivity index (χ3n) is 2.84. The molecule has 0 fully saturated rings. The SMILES string of the molecule is Cc1cc(/N=N/c2cccc(SOOO)c2)c(C)cc1N. The standard InChI is InChI=1S/C14H15N3O3S/c1-9-7-14(10(2)6-13(9)15)17-16-11-4-3-5-12(8-11)21-20-19-18/h3-8,18H,15H2,1-2H3/b17-16+. The first-order valence-corrected chi connectivity index (χ1v) is 6.87. The number of hydrogen-bond acceptors (Lipinski definition) is 7. The summed E-state index contributed by atoms with van der Waals surface area (Å²) < 4.78 is 4.37. The van der Waals surface area contributed by atoms with E-state index >= 15 is 0 Å². The highest BCUT2D eigenvalue weighted by Crippen LogP contribution is 2.28. The Bertz CT molecular complexity index is 662. The van der Waals surface area contributed by atoms with Crippen molar-refractivity contribution in [3.8, 4) is 0 Å². The number of nitrogens with two attached hydrogens (primary N) is 1. The van der Waals surface area contributed by atoms with Crippen molar-refractivity contribution in [1.82, 2.24) is 0 Å². The second-order valence-electron chi connectivity index (χ2n) is 4.42. The Balaban J connectivity index is 2.19. The van der Waals surface area contributed by atoms with E-state index in [0.717, 1.165) is 39.4 Å². The molecule has 2 aromatic rings. The van der Waals surface area contributed by atoms with E-state index in [-0.39, 0.29) is 0 Å². The molecule has 0 aromatic heterocycles. The average molecular weight is 305 g/mol. The number of hydrogen-bond donors (Lipinski definition) is 2. The van der Waals surface area contributed by atoms with Gasteiger partial charge in [-0.1, -0.05) is 11.1 Å². The first-order valence-electron chi connectivity index (χ1n) is 6.13. The van der Waals surface area contributed by atoms with Gasteiger partial charge in [0, 0.05) is 10.6 Å². The van der Waals surface area contributed by atoms with Gasteiger partial charge >= 0.3 is 0 Å². The normalized spacial score (nSPS) is 11.2. The zero-order valence-corrected chi connectivity index (χ0v) is 12.4. The van der Waals surface area contributed by atoms with Crippen LogP contribution in [0, 0.1) is 13.8 Å². The maximum absolute atomic E-state index is 8.13. The number of nitrogen functional groups attached to an aromatic ring is 1. The Hall–Kier alpha value is -1.93. The molecule has 0 aliphatic carbocycles. The predicted molar refractivity (Wildman–Crippen MR) is 81.6 cm³/mol. The molecule has 2 rings (SSSR count). The van der Waals surface area contributed by atoms with Crippen LogP contribution in [-0.2, 0) is 9.37 Å². The fraction of sp³-hybridized carbons (Fsp3) is 0.143. The van der Waals surface area contributed by atoms with Crippen LogP contribution in [0.1, 0.15) is 11.1 Å². The Morgan fingerprint density at radius 3 is 2.67 bits per heavy atom. The van der Waals surface area contributed by atoms with Crippen molar-refractivity contribution < 1.29 is 14.6 Å². The summed E-state index contributed by atoms with van der Waals surface area (Å²) in [7, 11) is 0. The van der Waals surface area contributed by atoms with Gasteiger partial charge < -0.3 is 5.73 Å². The Labute approximate surface area is 126 Å². The third-order valence-corrected chi connectivity index (χ3v) is 3.41. The molecule has 0 unspecified atom stereocenters. The molecule has 0 amide bonds. The molecule has 0 aliphatic heterocycles. The summed E-state index contributed by atoms with van der Waals surface area (Å²) in [6.45, 7) is 3.86. The van der Waals surface area contributed by atoms with E-state index in [1.54, 1.807) is 18.2 Å². The average Bonchev–Trinajstić information content (AvgIpc) is 2.48. The largest absolute Gasteiger partial charge is 0.399 e. The summed E-state index contributed by atoms with van der Waals surface area (Å²) in [6, 6.07) is 10.9. The van der Waals surface area contributed by atoms with Gasteiger partial charge in [-0.3, -0.25) is 0 Å². The smallest absolute Gasteiger partial charge is 0.0890 e. The van der Waals surface area contributed by atoms with E-state index in [1.165, 1.54) is 0 Å². The van der Waals surface area contributed by atoms with Crippen LogP contribution in [0.3, 0.4) is 0 Å². The fourth-order valence-electron chi connectivity index (χ4n) is 1.69. The van der Waals surface area contributed by atoms with Crippen molar-refractivity contribution in [3.05, 3.63) is 47.5 Å². The molecule has 0 bridgehead atoms. The van der Waals surface area contributed by atoms with Crippen molar-refractivity contribution in [2.75, 3.05) is 5.73 Å². The number of azo groups is 1. The van der Waals surface area contributed by atoms with Crippen LogP contribution in [0.5, 0.6) is 0 Å². The Kier molecular flexibility index (Phi) is 5.29. The van der Waals surface area contributed by atoms with Crippen molar-refractivity contribution in [3.63, 3.8) is 0 Å². The van der Waals surface area contributed by atoms with Crippen molar-refractivity contribution in [1.29, 1.82) is 0 Å². The lowest BCUT2D eigenvalue weighted by Gasteiger charge is -2.04. The molecular weight excluding hydrogens is 290 g/mol. The second-order valence-corrected chi connectivity index (χ2v) is 5.19. The van der Waals surface area contributed by atoms with Gasteiger partial charge in [0.05, 0.1) is 23.4 Å². The van der Waals surface area contributed by atoms with Gasteiger partial charge in [0.15, 0.2) is 0 Å². The number of anilines is 1. The van der Waals surface area contributed by atoms with Gasteiger partial charge in [0.2, 0.25) is 0 Å². The van der Waals surface area contributed by atoms with Crippen LogP contribution < -0.4 is 5.73 Å². The van der Waals surface area contributed by atoms with E-state index in [9.17, 15) is 0 Å². The highest BCUT2D eigenvalue weighted by atomic mass is 32.2. The van der Waals surface area contributed by atoms with Crippen molar-refractivity contribution in [2.45, 2.75) is 18.7 Å². The summed E-state index contributed by atoms with van der Waals surface area (Å²) in [6.07, 6.45) is 0. The van der Waals surface area contributed by atoms with Crippen molar-refractivity contribution >= 4 is 29.1 Å². The van der Waals surface area contributed by atoms with E-state index in [1.807, 2.05) is 32.0 Å². The highest BCUT2D eigenvalue weighted by molar-refractivity contribution is 7.94. The topological polar surface area (TPSA) is 89.4 Å². The van der Waals surface area contributed by atoms with Gasteiger partial charge in [0.25, 0.3) is 0 Å². The third kappa shape index (κ3) is 4.27. The molecule has 0 saturated heterocycles. The van der Waals surface area contributed by atoms with Crippen LogP contribution in [0.25, 0.3) is 0 Å². The van der Waals surface area contributed by atoms with Gasteiger partial charge in [-0.15, -0.1) is 4.33 Å². The minimum Gasteiger partial charge on any atom is -0.399 e. The van der Waals surface area contributed by atoms with Crippen molar-refractivity contribution in [2.24, 2.45) is 10.2 Å². The quantitative estimate of drug-likeness (QED) is 0.274. The Morgan fingerprint density at radius 1 is 1.10 bits per heavy atom. The molecule has 6 nitrogen and oxygen atoms in total. The molecule has 21 heavy (non-hydrogen) atoms. The number of benzene rings is 2. The fourth-order valence-corrected chi connectivity index (χ4v) is 2.11. The number of rotatable bonds is 5. The van der Waals surface area contributed by atoms with Gasteiger partial charge in [-0.05, 0) is 55.3 Å². The molecule has 0 heterocycles. The van der Waals surface area contributed by atoms with Gasteiger partial charge in [-0.2, -0.15) is 10.2 Å². The Morgan fingerprint density at radius 2 is 1.90 bits per heavy atom. The summed E-state index contributed by atoms with van der Waals surface area (Å²) in [4.78, 5) is 0.728. The van der Waals surface area contributed by atoms with E-state index in [2.05, 4.69) is 19.6 Å². The van der Waals surface area contributed by atoms with E-state index < -0.39 is 0 Å². The lowest BCUT2D eigenvalue weighted by atomic mass is 10.1. The maximum atomic E-state index is 8.13. The number of aryl methyl sites for hydroxylation is 2. The summed E-state index contributed by atoms with van der Waals surface area (Å²) in [5.74, 6) is 0. The molecule has 3 N–H and O–H groups in total. The molecule has 0 saturated carbocycles. The molecule has 0 radical (unpaired) electrons. The molecule has 0 atom stereocenters. The minimum absolute atomic E-state index is 0.662. The van der Waals surface area contributed by atoms with Crippen LogP contribution in [0.15, 0.2) is 51.5 Å². The van der Waals surface area contributed by atoms with E-state index in [0.29, 0.717) is 5.69 Å². The second kappa shape index (κ2) is 7.19. The molecule has 0 aliphatic rings. The van der Waals surface area contributed by atoms with Gasteiger partial charge in [0.1, 0.15) is 0 Å². The monoisotopic (exact) mass is 305 g/mol. The lowest BCUT2D eigenvalue weighted by molar-refractivity contribution is -0.432. The summed E-state index contributed by atoms with van der Waals surface area (Å²) >= 11 is 0.873. The number of nitrogens with zero attached hydrogens (tertiary/aromatic N) is 2. The zero-order chi connectivity index (χ0) is 15.2. The highest BCUT2D eigenvalue weighted by Gasteiger charge is 2.02. The zero-order valence-electron chi connectivity index (χ0n) is 11.6. The lowest BCUT2D eigenvalue weighted by Crippen LogP contribution is -1.89. The minimum atomic E-state index is 0.662. The summed E-state index contributed by atoms with van der Waals surface area (Å²) in [5, 5.41) is 20.1. The molecule has 2 aromatic carbocycles. The van der Waals surface area contributed by atoms with Crippen LogP contribution in [0.4, 0.5) is 17.1 Å². The predicted octanol–water partition coefficient (Wildman–Crippen LogP) is 4.73. The molecule has 7 heteroatoms. The molecule has 0 spiro atoms. The first-order chi connectivity index (χ1) is 10.1. The molecular formula is C14H15N3O3S. The first kappa shape index (κ1) is 15.5. The molecule has 110 valence electrons. The van der Waals surface area contributed by atoms with Gasteiger partial charge in [-0.25, -0.2) is 5.26 Å². The van der Waals surface area contributed by atoms with Crippen LogP contribution in [-0.4, -0.2) is 5.26 Å². The van der Waals surface area contributed by atoms with E-state index in [4.69, 9.17) is 11.0 Å². The van der Waals surface area contributed by atoms with Crippen LogP contribution >= 0.6 is 12.0 Å². The van der Waals surface area contributed by atoms with Crippen LogP contribution in [0.2, 0.25) is 0 Å². The maximum Gasteiger partial charge on any atom is 0.0890 e. The summed E-state index contributed by atoms with van der Waals surface area (Å²) in [5.41, 5.74) is 9.95.